The minimum atomic E-state index is -0.296. The van der Waals surface area contributed by atoms with Gasteiger partial charge in [0.1, 0.15) is 0 Å². The molecule has 1 saturated carbocycles. The molecule has 2 heteroatoms. The van der Waals surface area contributed by atoms with Crippen LogP contribution in [0.15, 0.2) is 0 Å². The highest BCUT2D eigenvalue weighted by molar-refractivity contribution is 4.89. The van der Waals surface area contributed by atoms with Crippen molar-refractivity contribution in [3.63, 3.8) is 0 Å². The molecule has 0 spiro atoms. The third kappa shape index (κ3) is 1.57. The van der Waals surface area contributed by atoms with Crippen molar-refractivity contribution in [2.75, 3.05) is 6.61 Å². The molecule has 1 fully saturated rings. The molecule has 1 aliphatic rings. The van der Waals surface area contributed by atoms with Gasteiger partial charge in [0.25, 0.3) is 0 Å². The van der Waals surface area contributed by atoms with Crippen molar-refractivity contribution in [3.8, 4) is 0 Å². The molecule has 0 aromatic carbocycles. The molecule has 0 saturated heterocycles. The Morgan fingerprint density at radius 2 is 1.91 bits per heavy atom. The fourth-order valence-electron chi connectivity index (χ4n) is 2.11. The second-order valence-electron chi connectivity index (χ2n) is 3.65. The maximum Gasteiger partial charge on any atom is 0.0615 e. The van der Waals surface area contributed by atoms with Crippen LogP contribution in [0.2, 0.25) is 0 Å². The predicted octanol–water partition coefficient (Wildman–Crippen LogP) is 1.31. The first kappa shape index (κ1) is 9.01. The molecule has 0 unspecified atom stereocenters. The number of aliphatic hydroxyl groups is 2. The van der Waals surface area contributed by atoms with E-state index in [0.717, 1.165) is 32.1 Å². The van der Waals surface area contributed by atoms with E-state index in [-0.39, 0.29) is 18.1 Å². The molecule has 0 amide bonds. The summed E-state index contributed by atoms with van der Waals surface area (Å²) in [5.41, 5.74) is -0.144. The molecule has 1 aliphatic carbocycles. The fraction of sp³-hybridized carbons (Fsp3) is 1.00. The first-order chi connectivity index (χ1) is 5.25. The van der Waals surface area contributed by atoms with Gasteiger partial charge in [-0.1, -0.05) is 19.8 Å². The minimum absolute atomic E-state index is 0.144. The molecule has 0 bridgehead atoms. The zero-order valence-corrected chi connectivity index (χ0v) is 7.21. The van der Waals surface area contributed by atoms with Crippen LogP contribution in [0.5, 0.6) is 0 Å². The normalized spacial score (nSPS) is 25.4. The summed E-state index contributed by atoms with van der Waals surface area (Å²) < 4.78 is 0. The molecular weight excluding hydrogens is 140 g/mol. The van der Waals surface area contributed by atoms with Crippen molar-refractivity contribution < 1.29 is 10.2 Å². The lowest BCUT2D eigenvalue weighted by molar-refractivity contribution is -0.0151. The van der Waals surface area contributed by atoms with Crippen LogP contribution in [0.1, 0.15) is 39.0 Å². The summed E-state index contributed by atoms with van der Waals surface area (Å²) >= 11 is 0. The first-order valence-electron chi connectivity index (χ1n) is 4.54. The van der Waals surface area contributed by atoms with E-state index < -0.39 is 0 Å². The Hall–Kier alpha value is -0.0800. The molecule has 2 N–H and O–H groups in total. The number of rotatable bonds is 3. The van der Waals surface area contributed by atoms with Crippen molar-refractivity contribution in [1.29, 1.82) is 0 Å². The van der Waals surface area contributed by atoms with Crippen molar-refractivity contribution in [3.05, 3.63) is 0 Å². The van der Waals surface area contributed by atoms with E-state index in [1.54, 1.807) is 0 Å². The van der Waals surface area contributed by atoms with Gasteiger partial charge >= 0.3 is 0 Å². The highest BCUT2D eigenvalue weighted by Gasteiger charge is 2.38. The van der Waals surface area contributed by atoms with Gasteiger partial charge in [-0.2, -0.15) is 0 Å². The molecule has 0 aromatic rings. The van der Waals surface area contributed by atoms with Crippen LogP contribution in [0, 0.1) is 5.41 Å². The van der Waals surface area contributed by atoms with Crippen LogP contribution in [0.3, 0.4) is 0 Å². The molecular formula is C9H18O2. The van der Waals surface area contributed by atoms with Gasteiger partial charge in [-0.25, -0.2) is 0 Å². The van der Waals surface area contributed by atoms with Crippen LogP contribution in [-0.4, -0.2) is 22.9 Å². The predicted molar refractivity (Wildman–Crippen MR) is 44.3 cm³/mol. The van der Waals surface area contributed by atoms with E-state index in [0.29, 0.717) is 0 Å². The van der Waals surface area contributed by atoms with Crippen molar-refractivity contribution >= 4 is 0 Å². The second kappa shape index (κ2) is 3.55. The average molecular weight is 158 g/mol. The molecule has 1 atom stereocenters. The third-order valence-electron chi connectivity index (χ3n) is 3.01. The summed E-state index contributed by atoms with van der Waals surface area (Å²) in [7, 11) is 0. The Bertz CT molecular complexity index is 117. The van der Waals surface area contributed by atoms with Gasteiger partial charge in [0.05, 0.1) is 12.7 Å². The molecule has 0 heterocycles. The van der Waals surface area contributed by atoms with Crippen LogP contribution in [0.4, 0.5) is 0 Å². The van der Waals surface area contributed by atoms with Crippen LogP contribution in [-0.2, 0) is 0 Å². The van der Waals surface area contributed by atoms with Gasteiger partial charge in [0.15, 0.2) is 0 Å². The van der Waals surface area contributed by atoms with E-state index in [1.165, 1.54) is 0 Å². The van der Waals surface area contributed by atoms with E-state index in [2.05, 4.69) is 0 Å². The van der Waals surface area contributed by atoms with E-state index >= 15 is 0 Å². The summed E-state index contributed by atoms with van der Waals surface area (Å²) in [4.78, 5) is 0. The fourth-order valence-corrected chi connectivity index (χ4v) is 2.11. The van der Waals surface area contributed by atoms with Crippen molar-refractivity contribution in [2.24, 2.45) is 5.41 Å². The van der Waals surface area contributed by atoms with Crippen molar-refractivity contribution in [1.82, 2.24) is 0 Å². The third-order valence-corrected chi connectivity index (χ3v) is 3.01. The smallest absolute Gasteiger partial charge is 0.0615 e. The summed E-state index contributed by atoms with van der Waals surface area (Å²) in [6.45, 7) is 2.13. The maximum atomic E-state index is 9.65. The Morgan fingerprint density at radius 1 is 1.36 bits per heavy atom. The minimum Gasteiger partial charge on any atom is -0.396 e. The van der Waals surface area contributed by atoms with Gasteiger partial charge in [0.2, 0.25) is 0 Å². The summed E-state index contributed by atoms with van der Waals surface area (Å²) in [6.07, 6.45) is 4.79. The van der Waals surface area contributed by atoms with Gasteiger partial charge in [-0.3, -0.25) is 0 Å². The summed E-state index contributed by atoms with van der Waals surface area (Å²) in [5, 5.41) is 18.8. The van der Waals surface area contributed by atoms with Gasteiger partial charge in [-0.05, 0) is 19.3 Å². The molecule has 11 heavy (non-hydrogen) atoms. The van der Waals surface area contributed by atoms with Gasteiger partial charge < -0.3 is 10.2 Å². The number of aliphatic hydroxyl groups excluding tert-OH is 2. The molecule has 0 aliphatic heterocycles. The lowest BCUT2D eigenvalue weighted by atomic mass is 9.80. The van der Waals surface area contributed by atoms with Crippen LogP contribution < -0.4 is 0 Å². The Morgan fingerprint density at radius 3 is 2.27 bits per heavy atom. The standard InChI is InChI=1S/C9H18O2/c1-2-8(11)9(7-10)5-3-4-6-9/h8,10-11H,2-7H2,1H3/t8-/m0/s1. The Labute approximate surface area is 68.2 Å². The molecule has 1 rings (SSSR count). The lowest BCUT2D eigenvalue weighted by Gasteiger charge is -2.31. The van der Waals surface area contributed by atoms with Crippen LogP contribution in [0.25, 0.3) is 0 Å². The van der Waals surface area contributed by atoms with Crippen molar-refractivity contribution in [2.45, 2.75) is 45.1 Å². The van der Waals surface area contributed by atoms with E-state index in [1.807, 2.05) is 6.92 Å². The van der Waals surface area contributed by atoms with E-state index in [9.17, 15) is 5.11 Å². The molecule has 2 nitrogen and oxygen atoms in total. The van der Waals surface area contributed by atoms with Gasteiger partial charge in [-0.15, -0.1) is 0 Å². The number of hydrogen-bond acceptors (Lipinski definition) is 2. The molecule has 66 valence electrons. The number of hydrogen-bond donors (Lipinski definition) is 2. The monoisotopic (exact) mass is 158 g/mol. The largest absolute Gasteiger partial charge is 0.396 e. The SMILES string of the molecule is CC[C@H](O)C1(CO)CCCC1. The Kier molecular flexibility index (Phi) is 2.90. The Balaban J connectivity index is 2.58. The topological polar surface area (TPSA) is 40.5 Å². The lowest BCUT2D eigenvalue weighted by Crippen LogP contribution is -2.35. The average Bonchev–Trinajstić information content (AvgIpc) is 2.52. The zero-order chi connectivity index (χ0) is 8.32. The molecule has 0 radical (unpaired) electrons. The zero-order valence-electron chi connectivity index (χ0n) is 7.21. The highest BCUT2D eigenvalue weighted by atomic mass is 16.3. The molecule has 0 aromatic heterocycles. The summed E-state index contributed by atoms with van der Waals surface area (Å²) in [5.74, 6) is 0. The van der Waals surface area contributed by atoms with Crippen LogP contribution >= 0.6 is 0 Å². The maximum absolute atomic E-state index is 9.65. The quantitative estimate of drug-likeness (QED) is 0.650. The second-order valence-corrected chi connectivity index (χ2v) is 3.65. The highest BCUT2D eigenvalue weighted by Crippen LogP contribution is 2.41. The van der Waals surface area contributed by atoms with E-state index in [4.69, 9.17) is 5.11 Å². The first-order valence-corrected chi connectivity index (χ1v) is 4.54. The van der Waals surface area contributed by atoms with Gasteiger partial charge in [0, 0.05) is 5.41 Å². The summed E-state index contributed by atoms with van der Waals surface area (Å²) in [6, 6.07) is 0.